The van der Waals surface area contributed by atoms with Crippen LogP contribution in [-0.2, 0) is 4.74 Å². The maximum atomic E-state index is 6.58. The molecule has 4 fully saturated rings. The van der Waals surface area contributed by atoms with Crippen molar-refractivity contribution in [3.63, 3.8) is 0 Å². The van der Waals surface area contributed by atoms with Crippen molar-refractivity contribution in [2.75, 3.05) is 0 Å². The Kier molecular flexibility index (Phi) is 2.80. The van der Waals surface area contributed by atoms with Crippen molar-refractivity contribution in [2.45, 2.75) is 70.0 Å². The molecule has 1 nitrogen and oxygen atoms in total. The number of hydrogen-bond donors (Lipinski definition) is 0. The van der Waals surface area contributed by atoms with Gasteiger partial charge in [0.25, 0.3) is 0 Å². The van der Waals surface area contributed by atoms with Gasteiger partial charge in [0, 0.05) is 0 Å². The van der Waals surface area contributed by atoms with Crippen LogP contribution in [0.2, 0.25) is 0 Å². The third-order valence-corrected chi connectivity index (χ3v) is 5.94. The van der Waals surface area contributed by atoms with Gasteiger partial charge < -0.3 is 4.74 Å². The summed E-state index contributed by atoms with van der Waals surface area (Å²) in [6.07, 6.45) is 8.20. The van der Waals surface area contributed by atoms with Gasteiger partial charge in [-0.3, -0.25) is 0 Å². The van der Waals surface area contributed by atoms with Crippen molar-refractivity contribution in [3.8, 4) is 0 Å². The molecule has 4 rings (SSSR count). The first-order valence-electron chi connectivity index (χ1n) is 7.28. The summed E-state index contributed by atoms with van der Waals surface area (Å²) in [5.41, 5.74) is 0.134. The quantitative estimate of drug-likeness (QED) is 0.672. The highest BCUT2D eigenvalue weighted by Gasteiger charge is 2.54. The van der Waals surface area contributed by atoms with E-state index in [1.807, 2.05) is 0 Å². The summed E-state index contributed by atoms with van der Waals surface area (Å²) in [4.78, 5) is 0. The fourth-order valence-corrected chi connectivity index (χ4v) is 4.86. The van der Waals surface area contributed by atoms with Crippen LogP contribution < -0.4 is 0 Å². The standard InChI is InChI=1S/C15H25ClO/c1-10(2)14(3,16)17-15-7-11-4-12(8-15)6-13(5-11)9-15/h10-13H,4-9H2,1-3H3. The van der Waals surface area contributed by atoms with Gasteiger partial charge in [0.15, 0.2) is 0 Å². The summed E-state index contributed by atoms with van der Waals surface area (Å²) in [6, 6.07) is 0. The van der Waals surface area contributed by atoms with Crippen molar-refractivity contribution in [1.29, 1.82) is 0 Å². The molecule has 0 heterocycles. The Balaban J connectivity index is 1.78. The minimum Gasteiger partial charge on any atom is -0.353 e. The van der Waals surface area contributed by atoms with Crippen molar-refractivity contribution in [2.24, 2.45) is 23.7 Å². The molecule has 4 aliphatic rings. The van der Waals surface area contributed by atoms with Crippen molar-refractivity contribution < 1.29 is 4.74 Å². The van der Waals surface area contributed by atoms with E-state index in [2.05, 4.69) is 20.8 Å². The molecule has 4 bridgehead atoms. The lowest BCUT2D eigenvalue weighted by molar-refractivity contribution is -0.205. The van der Waals surface area contributed by atoms with E-state index in [0.29, 0.717) is 5.92 Å². The minimum atomic E-state index is -0.480. The van der Waals surface area contributed by atoms with Gasteiger partial charge in [-0.1, -0.05) is 25.4 Å². The lowest BCUT2D eigenvalue weighted by Crippen LogP contribution is -2.55. The molecule has 98 valence electrons. The van der Waals surface area contributed by atoms with E-state index in [-0.39, 0.29) is 5.60 Å². The highest BCUT2D eigenvalue weighted by Crippen LogP contribution is 2.58. The Morgan fingerprint density at radius 1 is 1.06 bits per heavy atom. The number of rotatable bonds is 3. The van der Waals surface area contributed by atoms with Crippen LogP contribution in [0.4, 0.5) is 0 Å². The molecule has 0 aliphatic heterocycles. The summed E-state index contributed by atoms with van der Waals surface area (Å²) < 4.78 is 6.46. The van der Waals surface area contributed by atoms with Gasteiger partial charge in [-0.05, 0) is 69.1 Å². The molecule has 0 aromatic heterocycles. The highest BCUT2D eigenvalue weighted by molar-refractivity contribution is 6.22. The van der Waals surface area contributed by atoms with Gasteiger partial charge in [0.1, 0.15) is 5.06 Å². The van der Waals surface area contributed by atoms with Crippen molar-refractivity contribution in [1.82, 2.24) is 0 Å². The van der Waals surface area contributed by atoms with Crippen LogP contribution in [0.1, 0.15) is 59.3 Å². The lowest BCUT2D eigenvalue weighted by Gasteiger charge is -2.58. The molecule has 0 aromatic rings. The number of halogens is 1. The predicted octanol–water partition coefficient (Wildman–Crippen LogP) is 4.58. The summed E-state index contributed by atoms with van der Waals surface area (Å²) in [7, 11) is 0. The SMILES string of the molecule is CC(C)C(C)(Cl)OC12CC3CC(CC(C3)C1)C2. The second-order valence-corrected chi connectivity index (χ2v) is 8.09. The van der Waals surface area contributed by atoms with Crippen LogP contribution >= 0.6 is 11.6 Å². The lowest BCUT2D eigenvalue weighted by atomic mass is 9.54. The summed E-state index contributed by atoms with van der Waals surface area (Å²) in [5.74, 6) is 3.17. The largest absolute Gasteiger partial charge is 0.353 e. The van der Waals surface area contributed by atoms with E-state index < -0.39 is 5.06 Å². The van der Waals surface area contributed by atoms with Crippen LogP contribution in [0.5, 0.6) is 0 Å². The first-order chi connectivity index (χ1) is 7.89. The Bertz CT molecular complexity index is 273. The molecule has 2 heteroatoms. The van der Waals surface area contributed by atoms with Crippen molar-refractivity contribution in [3.05, 3.63) is 0 Å². The Hall–Kier alpha value is 0.250. The molecule has 0 saturated heterocycles. The van der Waals surface area contributed by atoms with Crippen molar-refractivity contribution >= 4 is 11.6 Å². The molecule has 4 aliphatic carbocycles. The topological polar surface area (TPSA) is 9.23 Å². The maximum absolute atomic E-state index is 6.58. The second kappa shape index (κ2) is 3.87. The van der Waals surface area contributed by atoms with Gasteiger partial charge in [0.2, 0.25) is 0 Å². The Labute approximate surface area is 110 Å². The minimum absolute atomic E-state index is 0.134. The number of ether oxygens (including phenoxy) is 1. The molecule has 0 aromatic carbocycles. The molecule has 1 atom stereocenters. The van der Waals surface area contributed by atoms with Crippen LogP contribution in [0.25, 0.3) is 0 Å². The van der Waals surface area contributed by atoms with Gasteiger partial charge in [-0.15, -0.1) is 0 Å². The van der Waals surface area contributed by atoms with E-state index in [9.17, 15) is 0 Å². The second-order valence-electron chi connectivity index (χ2n) is 7.34. The average Bonchev–Trinajstić information content (AvgIpc) is 2.12. The normalized spacial score (nSPS) is 47.5. The number of alkyl halides is 1. The van der Waals surface area contributed by atoms with Gasteiger partial charge in [-0.25, -0.2) is 0 Å². The van der Waals surface area contributed by atoms with Crippen LogP contribution in [0, 0.1) is 23.7 Å². The molecule has 0 spiro atoms. The molecule has 1 unspecified atom stereocenters. The first-order valence-corrected chi connectivity index (χ1v) is 7.65. The summed E-state index contributed by atoms with van der Waals surface area (Å²) in [5, 5.41) is -0.480. The third-order valence-electron chi connectivity index (χ3n) is 5.43. The van der Waals surface area contributed by atoms with E-state index in [1.165, 1.54) is 38.5 Å². The third kappa shape index (κ3) is 2.14. The summed E-state index contributed by atoms with van der Waals surface area (Å²) in [6.45, 7) is 6.37. The molecule has 0 amide bonds. The van der Waals surface area contributed by atoms with Crippen LogP contribution in [0.3, 0.4) is 0 Å². The van der Waals surface area contributed by atoms with E-state index in [1.54, 1.807) is 0 Å². The Morgan fingerprint density at radius 3 is 1.82 bits per heavy atom. The van der Waals surface area contributed by atoms with E-state index in [4.69, 9.17) is 16.3 Å². The molecule has 0 radical (unpaired) electrons. The monoisotopic (exact) mass is 256 g/mol. The van der Waals surface area contributed by atoms with Crippen LogP contribution in [-0.4, -0.2) is 10.7 Å². The molecular formula is C15H25ClO. The molecule has 4 saturated carbocycles. The maximum Gasteiger partial charge on any atom is 0.142 e. The first kappa shape index (κ1) is 12.3. The Morgan fingerprint density at radius 2 is 1.47 bits per heavy atom. The zero-order chi connectivity index (χ0) is 12.3. The van der Waals surface area contributed by atoms with E-state index >= 15 is 0 Å². The van der Waals surface area contributed by atoms with E-state index in [0.717, 1.165) is 17.8 Å². The fourth-order valence-electron chi connectivity index (χ4n) is 4.70. The fraction of sp³-hybridized carbons (Fsp3) is 1.00. The molecule has 17 heavy (non-hydrogen) atoms. The highest BCUT2D eigenvalue weighted by atomic mass is 35.5. The molecule has 0 N–H and O–H groups in total. The smallest absolute Gasteiger partial charge is 0.142 e. The van der Waals surface area contributed by atoms with Crippen LogP contribution in [0.15, 0.2) is 0 Å². The predicted molar refractivity (Wildman–Crippen MR) is 71.1 cm³/mol. The zero-order valence-electron chi connectivity index (χ0n) is 11.3. The average molecular weight is 257 g/mol. The van der Waals surface area contributed by atoms with Gasteiger partial charge >= 0.3 is 0 Å². The van der Waals surface area contributed by atoms with Gasteiger partial charge in [-0.2, -0.15) is 0 Å². The zero-order valence-corrected chi connectivity index (χ0v) is 12.1. The van der Waals surface area contributed by atoms with Gasteiger partial charge in [0.05, 0.1) is 5.60 Å². The molecular weight excluding hydrogens is 232 g/mol. The number of hydrogen-bond acceptors (Lipinski definition) is 1. The summed E-state index contributed by atoms with van der Waals surface area (Å²) >= 11 is 6.58.